The molecule has 2 aromatic carbocycles. The first-order valence-corrected chi connectivity index (χ1v) is 7.11. The van der Waals surface area contributed by atoms with E-state index in [4.69, 9.17) is 11.6 Å². The van der Waals surface area contributed by atoms with Crippen LogP contribution in [-0.2, 0) is 0 Å². The summed E-state index contributed by atoms with van der Waals surface area (Å²) < 4.78 is 0. The predicted molar refractivity (Wildman–Crippen MR) is 88.4 cm³/mol. The van der Waals surface area contributed by atoms with Crippen LogP contribution in [0.4, 0.5) is 5.69 Å². The van der Waals surface area contributed by atoms with E-state index in [1.54, 1.807) is 42.6 Å². The molecule has 0 aliphatic carbocycles. The third kappa shape index (κ3) is 2.86. The van der Waals surface area contributed by atoms with Gasteiger partial charge in [-0.15, -0.1) is 12.6 Å². The highest BCUT2D eigenvalue weighted by molar-refractivity contribution is 7.80. The topological polar surface area (TPSA) is 42.0 Å². The standard InChI is InChI=1S/C16H11ClN2OS/c17-13-7-8-14(15-12(13)2-1-9-18-15)19-16(20)10-3-5-11(21)6-4-10/h1-9,21H,(H,19,20). The van der Waals surface area contributed by atoms with Crippen LogP contribution in [0.5, 0.6) is 0 Å². The van der Waals surface area contributed by atoms with Gasteiger partial charge >= 0.3 is 0 Å². The third-order valence-electron chi connectivity index (χ3n) is 3.09. The second-order valence-corrected chi connectivity index (χ2v) is 5.42. The lowest BCUT2D eigenvalue weighted by Gasteiger charge is -2.09. The Kier molecular flexibility index (Phi) is 3.82. The Morgan fingerprint density at radius 1 is 1.10 bits per heavy atom. The number of carbonyl (C=O) groups is 1. The van der Waals surface area contributed by atoms with Crippen LogP contribution in [-0.4, -0.2) is 10.9 Å². The molecule has 21 heavy (non-hydrogen) atoms. The molecule has 0 saturated carbocycles. The smallest absolute Gasteiger partial charge is 0.255 e. The highest BCUT2D eigenvalue weighted by Gasteiger charge is 2.10. The van der Waals surface area contributed by atoms with E-state index in [-0.39, 0.29) is 5.91 Å². The fourth-order valence-corrected chi connectivity index (χ4v) is 2.41. The molecular formula is C16H11ClN2OS. The lowest BCUT2D eigenvalue weighted by Crippen LogP contribution is -2.12. The number of nitrogens with one attached hydrogen (secondary N) is 1. The van der Waals surface area contributed by atoms with Gasteiger partial charge in [-0.25, -0.2) is 0 Å². The number of benzene rings is 2. The van der Waals surface area contributed by atoms with E-state index < -0.39 is 0 Å². The molecule has 104 valence electrons. The molecule has 0 spiro atoms. The van der Waals surface area contributed by atoms with Crippen molar-refractivity contribution in [2.45, 2.75) is 4.90 Å². The van der Waals surface area contributed by atoms with Gasteiger partial charge in [-0.1, -0.05) is 11.6 Å². The molecule has 1 heterocycles. The van der Waals surface area contributed by atoms with E-state index >= 15 is 0 Å². The fourth-order valence-electron chi connectivity index (χ4n) is 2.05. The molecule has 0 radical (unpaired) electrons. The van der Waals surface area contributed by atoms with Crippen molar-refractivity contribution >= 4 is 46.7 Å². The number of anilines is 1. The summed E-state index contributed by atoms with van der Waals surface area (Å²) in [6.07, 6.45) is 1.67. The Morgan fingerprint density at radius 3 is 2.62 bits per heavy atom. The lowest BCUT2D eigenvalue weighted by molar-refractivity contribution is 0.102. The number of hydrogen-bond acceptors (Lipinski definition) is 3. The number of rotatable bonds is 2. The van der Waals surface area contributed by atoms with E-state index in [2.05, 4.69) is 22.9 Å². The van der Waals surface area contributed by atoms with Crippen molar-refractivity contribution in [2.75, 3.05) is 5.32 Å². The highest BCUT2D eigenvalue weighted by atomic mass is 35.5. The predicted octanol–water partition coefficient (Wildman–Crippen LogP) is 4.43. The first-order chi connectivity index (χ1) is 10.1. The quantitative estimate of drug-likeness (QED) is 0.687. The number of hydrogen-bond donors (Lipinski definition) is 2. The van der Waals surface area contributed by atoms with Gasteiger partial charge in [-0.05, 0) is 48.5 Å². The first-order valence-electron chi connectivity index (χ1n) is 6.29. The van der Waals surface area contributed by atoms with Gasteiger partial charge < -0.3 is 5.32 Å². The summed E-state index contributed by atoms with van der Waals surface area (Å²) >= 11 is 10.3. The van der Waals surface area contributed by atoms with E-state index in [0.29, 0.717) is 21.8 Å². The fraction of sp³-hybridized carbons (Fsp3) is 0. The minimum atomic E-state index is -0.197. The first kappa shape index (κ1) is 13.9. The molecule has 1 N–H and O–H groups in total. The maximum atomic E-state index is 12.3. The van der Waals surface area contributed by atoms with Crippen LogP contribution in [0.25, 0.3) is 10.9 Å². The number of amides is 1. The number of halogens is 1. The van der Waals surface area contributed by atoms with Crippen molar-refractivity contribution in [1.29, 1.82) is 0 Å². The van der Waals surface area contributed by atoms with Crippen LogP contribution in [0, 0.1) is 0 Å². The van der Waals surface area contributed by atoms with Crippen molar-refractivity contribution in [3.05, 3.63) is 65.3 Å². The molecule has 0 fully saturated rings. The average molecular weight is 315 g/mol. The highest BCUT2D eigenvalue weighted by Crippen LogP contribution is 2.28. The Bertz CT molecular complexity index is 818. The molecule has 1 amide bonds. The van der Waals surface area contributed by atoms with Crippen molar-refractivity contribution in [3.63, 3.8) is 0 Å². The molecule has 5 heteroatoms. The van der Waals surface area contributed by atoms with Gasteiger partial charge in [0.1, 0.15) is 0 Å². The van der Waals surface area contributed by atoms with Crippen molar-refractivity contribution in [3.8, 4) is 0 Å². The zero-order valence-electron chi connectivity index (χ0n) is 10.9. The average Bonchev–Trinajstić information content (AvgIpc) is 2.51. The lowest BCUT2D eigenvalue weighted by atomic mass is 10.1. The molecule has 0 unspecified atom stereocenters. The number of aromatic nitrogens is 1. The summed E-state index contributed by atoms with van der Waals surface area (Å²) in [6, 6.07) is 14.2. The Hall–Kier alpha value is -2.04. The van der Waals surface area contributed by atoms with Gasteiger partial charge in [0, 0.05) is 22.0 Å². The summed E-state index contributed by atoms with van der Waals surface area (Å²) in [5.74, 6) is -0.197. The summed E-state index contributed by atoms with van der Waals surface area (Å²) in [7, 11) is 0. The van der Waals surface area contributed by atoms with E-state index in [0.717, 1.165) is 10.3 Å². The molecule has 3 nitrogen and oxygen atoms in total. The van der Waals surface area contributed by atoms with Crippen molar-refractivity contribution in [1.82, 2.24) is 4.98 Å². The van der Waals surface area contributed by atoms with E-state index in [9.17, 15) is 4.79 Å². The molecular weight excluding hydrogens is 304 g/mol. The second-order valence-electron chi connectivity index (χ2n) is 4.50. The zero-order valence-corrected chi connectivity index (χ0v) is 12.5. The van der Waals surface area contributed by atoms with Gasteiger partial charge in [-0.3, -0.25) is 9.78 Å². The summed E-state index contributed by atoms with van der Waals surface area (Å²) in [6.45, 7) is 0. The van der Waals surface area contributed by atoms with E-state index in [1.165, 1.54) is 0 Å². The van der Waals surface area contributed by atoms with Gasteiger partial charge in [0.15, 0.2) is 0 Å². The largest absolute Gasteiger partial charge is 0.320 e. The summed E-state index contributed by atoms with van der Waals surface area (Å²) in [5, 5.41) is 4.28. The van der Waals surface area contributed by atoms with Gasteiger partial charge in [-0.2, -0.15) is 0 Å². The Morgan fingerprint density at radius 2 is 1.86 bits per heavy atom. The number of fused-ring (bicyclic) bond motifs is 1. The monoisotopic (exact) mass is 314 g/mol. The molecule has 0 bridgehead atoms. The molecule has 0 aliphatic heterocycles. The number of pyridine rings is 1. The normalized spacial score (nSPS) is 10.6. The maximum Gasteiger partial charge on any atom is 0.255 e. The third-order valence-corrected chi connectivity index (χ3v) is 3.72. The molecule has 3 aromatic rings. The van der Waals surface area contributed by atoms with Gasteiger partial charge in [0.2, 0.25) is 0 Å². The number of nitrogens with zero attached hydrogens (tertiary/aromatic N) is 1. The summed E-state index contributed by atoms with van der Waals surface area (Å²) in [5.41, 5.74) is 1.87. The minimum absolute atomic E-state index is 0.197. The SMILES string of the molecule is O=C(Nc1ccc(Cl)c2cccnc12)c1ccc(S)cc1. The molecule has 1 aromatic heterocycles. The Balaban J connectivity index is 1.97. The second kappa shape index (κ2) is 5.76. The van der Waals surface area contributed by atoms with Crippen LogP contribution >= 0.6 is 24.2 Å². The van der Waals surface area contributed by atoms with Crippen LogP contribution in [0.3, 0.4) is 0 Å². The molecule has 3 rings (SSSR count). The van der Waals surface area contributed by atoms with Gasteiger partial charge in [0.25, 0.3) is 5.91 Å². The van der Waals surface area contributed by atoms with Crippen molar-refractivity contribution in [2.24, 2.45) is 0 Å². The maximum absolute atomic E-state index is 12.3. The van der Waals surface area contributed by atoms with Crippen LogP contribution < -0.4 is 5.32 Å². The minimum Gasteiger partial charge on any atom is -0.320 e. The van der Waals surface area contributed by atoms with Gasteiger partial charge in [0.05, 0.1) is 16.2 Å². The van der Waals surface area contributed by atoms with Crippen LogP contribution in [0.2, 0.25) is 5.02 Å². The van der Waals surface area contributed by atoms with Crippen LogP contribution in [0.1, 0.15) is 10.4 Å². The van der Waals surface area contributed by atoms with Crippen LogP contribution in [0.15, 0.2) is 59.6 Å². The van der Waals surface area contributed by atoms with E-state index in [1.807, 2.05) is 12.1 Å². The number of thiol groups is 1. The Labute approximate surface area is 132 Å². The molecule has 0 saturated heterocycles. The number of carbonyl (C=O) groups excluding carboxylic acids is 1. The molecule has 0 atom stereocenters. The molecule has 0 aliphatic rings. The van der Waals surface area contributed by atoms with Crippen molar-refractivity contribution < 1.29 is 4.79 Å². The zero-order chi connectivity index (χ0) is 14.8. The summed E-state index contributed by atoms with van der Waals surface area (Å²) in [4.78, 5) is 17.4.